The highest BCUT2D eigenvalue weighted by Gasteiger charge is 2.19. The summed E-state index contributed by atoms with van der Waals surface area (Å²) in [7, 11) is 0. The van der Waals surface area contributed by atoms with Gasteiger partial charge in [-0.3, -0.25) is 9.48 Å². The molecule has 0 aliphatic carbocycles. The van der Waals surface area contributed by atoms with Crippen molar-refractivity contribution in [2.24, 2.45) is 0 Å². The van der Waals surface area contributed by atoms with E-state index in [4.69, 9.17) is 5.11 Å². The molecule has 1 atom stereocenters. The number of nitrogens with one attached hydrogen (secondary N) is 1. The maximum absolute atomic E-state index is 10.9. The van der Waals surface area contributed by atoms with Crippen molar-refractivity contribution in [3.8, 4) is 0 Å². The molecule has 2 N–H and O–H groups in total. The maximum Gasteiger partial charge on any atom is 0.326 e. The van der Waals surface area contributed by atoms with Crippen LogP contribution >= 0.6 is 0 Å². The maximum atomic E-state index is 10.9. The molecule has 6 nitrogen and oxygen atoms in total. The van der Waals surface area contributed by atoms with Crippen molar-refractivity contribution >= 4 is 11.9 Å². The Morgan fingerprint density at radius 2 is 2.29 bits per heavy atom. The Balaban J connectivity index is 2.65. The zero-order valence-corrected chi connectivity index (χ0v) is 10.0. The second-order valence-corrected chi connectivity index (χ2v) is 3.91. The van der Waals surface area contributed by atoms with Gasteiger partial charge >= 0.3 is 5.97 Å². The van der Waals surface area contributed by atoms with Gasteiger partial charge in [0.25, 0.3) is 0 Å². The van der Waals surface area contributed by atoms with Gasteiger partial charge in [-0.25, -0.2) is 4.79 Å². The first-order chi connectivity index (χ1) is 8.02. The summed E-state index contributed by atoms with van der Waals surface area (Å²) in [6, 6.07) is -0.897. The van der Waals surface area contributed by atoms with E-state index in [1.54, 1.807) is 17.1 Å². The minimum atomic E-state index is -1.04. The number of nitrogens with zero attached hydrogens (tertiary/aromatic N) is 2. The zero-order valence-electron chi connectivity index (χ0n) is 10.0. The Labute approximate surface area is 99.6 Å². The number of hydrogen-bond donors (Lipinski definition) is 2. The van der Waals surface area contributed by atoms with Crippen LogP contribution < -0.4 is 5.32 Å². The number of aromatic nitrogens is 2. The lowest BCUT2D eigenvalue weighted by molar-refractivity contribution is -0.141. The number of aliphatic carboxylic acids is 1. The summed E-state index contributed by atoms with van der Waals surface area (Å²) in [4.78, 5) is 21.8. The fraction of sp³-hybridized carbons (Fsp3) is 0.545. The van der Waals surface area contributed by atoms with E-state index >= 15 is 0 Å². The summed E-state index contributed by atoms with van der Waals surface area (Å²) >= 11 is 0. The van der Waals surface area contributed by atoms with Gasteiger partial charge in [0, 0.05) is 26.1 Å². The molecule has 0 saturated carbocycles. The first-order valence-electron chi connectivity index (χ1n) is 5.54. The molecule has 94 valence electrons. The lowest BCUT2D eigenvalue weighted by atomic mass is 10.1. The van der Waals surface area contributed by atoms with Crippen LogP contribution in [0.5, 0.6) is 0 Å². The van der Waals surface area contributed by atoms with Crippen LogP contribution in [0.25, 0.3) is 0 Å². The van der Waals surface area contributed by atoms with Gasteiger partial charge in [-0.2, -0.15) is 5.10 Å². The molecule has 0 aliphatic heterocycles. The van der Waals surface area contributed by atoms with E-state index in [9.17, 15) is 9.59 Å². The highest BCUT2D eigenvalue weighted by molar-refractivity contribution is 5.82. The van der Waals surface area contributed by atoms with E-state index in [1.165, 1.54) is 6.92 Å². The van der Waals surface area contributed by atoms with E-state index in [0.29, 0.717) is 0 Å². The predicted octanol–water partition coefficient (Wildman–Crippen LogP) is 0.425. The number of rotatable bonds is 6. The third-order valence-electron chi connectivity index (χ3n) is 2.25. The Bertz CT molecular complexity index is 400. The van der Waals surface area contributed by atoms with E-state index < -0.39 is 12.0 Å². The average molecular weight is 239 g/mol. The normalized spacial score (nSPS) is 12.1. The summed E-state index contributed by atoms with van der Waals surface area (Å²) < 4.78 is 1.77. The van der Waals surface area contributed by atoms with E-state index in [1.807, 2.05) is 6.92 Å². The SMILES string of the molecule is CCCn1cc(CC(NC(C)=O)C(=O)O)cn1. The van der Waals surface area contributed by atoms with Gasteiger partial charge in [0.15, 0.2) is 0 Å². The zero-order chi connectivity index (χ0) is 12.8. The van der Waals surface area contributed by atoms with Crippen LogP contribution in [0.1, 0.15) is 25.8 Å². The van der Waals surface area contributed by atoms with Crippen molar-refractivity contribution in [2.75, 3.05) is 0 Å². The Morgan fingerprint density at radius 3 is 2.82 bits per heavy atom. The number of hydrogen-bond acceptors (Lipinski definition) is 3. The van der Waals surface area contributed by atoms with Crippen LogP contribution in [0.15, 0.2) is 12.4 Å². The Hall–Kier alpha value is -1.85. The standard InChI is InChI=1S/C11H17N3O3/c1-3-4-14-7-9(6-12-14)5-10(11(16)17)13-8(2)15/h6-7,10H,3-5H2,1-2H3,(H,13,15)(H,16,17). The van der Waals surface area contributed by atoms with Gasteiger partial charge in [0.1, 0.15) is 6.04 Å². The molecule has 1 heterocycles. The minimum Gasteiger partial charge on any atom is -0.480 e. The van der Waals surface area contributed by atoms with Gasteiger partial charge < -0.3 is 10.4 Å². The predicted molar refractivity (Wildman–Crippen MR) is 61.5 cm³/mol. The fourth-order valence-electron chi connectivity index (χ4n) is 1.54. The molecular formula is C11H17N3O3. The highest BCUT2D eigenvalue weighted by Crippen LogP contribution is 2.03. The fourth-order valence-corrected chi connectivity index (χ4v) is 1.54. The summed E-state index contributed by atoms with van der Waals surface area (Å²) in [5.74, 6) is -1.39. The van der Waals surface area contributed by atoms with Gasteiger partial charge in [-0.15, -0.1) is 0 Å². The summed E-state index contributed by atoms with van der Waals surface area (Å²) in [6.07, 6.45) is 4.66. The van der Waals surface area contributed by atoms with Crippen molar-refractivity contribution in [3.63, 3.8) is 0 Å². The topological polar surface area (TPSA) is 84.2 Å². The largest absolute Gasteiger partial charge is 0.480 e. The van der Waals surface area contributed by atoms with Crippen molar-refractivity contribution < 1.29 is 14.7 Å². The van der Waals surface area contributed by atoms with Gasteiger partial charge in [-0.1, -0.05) is 6.92 Å². The van der Waals surface area contributed by atoms with E-state index in [0.717, 1.165) is 18.5 Å². The average Bonchev–Trinajstić information content (AvgIpc) is 2.64. The summed E-state index contributed by atoms with van der Waals surface area (Å²) in [5.41, 5.74) is 0.805. The molecule has 0 fully saturated rings. The second-order valence-electron chi connectivity index (χ2n) is 3.91. The highest BCUT2D eigenvalue weighted by atomic mass is 16.4. The number of aryl methyl sites for hydroxylation is 1. The quantitative estimate of drug-likeness (QED) is 0.753. The summed E-state index contributed by atoms with van der Waals surface area (Å²) in [6.45, 7) is 4.15. The number of carbonyl (C=O) groups is 2. The van der Waals surface area contributed by atoms with Crippen molar-refractivity contribution in [1.29, 1.82) is 0 Å². The molecule has 0 bridgehead atoms. The van der Waals surface area contributed by atoms with E-state index in [-0.39, 0.29) is 12.3 Å². The van der Waals surface area contributed by atoms with Crippen LogP contribution in [0.2, 0.25) is 0 Å². The van der Waals surface area contributed by atoms with Crippen LogP contribution in [0.3, 0.4) is 0 Å². The first kappa shape index (κ1) is 13.2. The van der Waals surface area contributed by atoms with Crippen LogP contribution in [-0.2, 0) is 22.6 Å². The molecule has 17 heavy (non-hydrogen) atoms. The van der Waals surface area contributed by atoms with Crippen LogP contribution in [0.4, 0.5) is 0 Å². The number of amides is 1. The lowest BCUT2D eigenvalue weighted by Gasteiger charge is -2.11. The molecule has 0 radical (unpaired) electrons. The van der Waals surface area contributed by atoms with Crippen LogP contribution in [0, 0.1) is 0 Å². The smallest absolute Gasteiger partial charge is 0.326 e. The molecule has 1 unspecified atom stereocenters. The molecule has 1 aromatic heterocycles. The number of carboxylic acids is 1. The second kappa shape index (κ2) is 6.03. The van der Waals surface area contributed by atoms with Crippen molar-refractivity contribution in [2.45, 2.75) is 39.3 Å². The molecule has 0 saturated heterocycles. The molecule has 1 amide bonds. The van der Waals surface area contributed by atoms with Crippen LogP contribution in [-0.4, -0.2) is 32.8 Å². The van der Waals surface area contributed by atoms with Gasteiger partial charge in [0.05, 0.1) is 6.20 Å². The number of carboxylic acid groups (broad SMARTS) is 1. The van der Waals surface area contributed by atoms with E-state index in [2.05, 4.69) is 10.4 Å². The third-order valence-corrected chi connectivity index (χ3v) is 2.25. The molecule has 0 spiro atoms. The first-order valence-corrected chi connectivity index (χ1v) is 5.54. The molecule has 0 aliphatic rings. The van der Waals surface area contributed by atoms with Crippen molar-refractivity contribution in [3.05, 3.63) is 18.0 Å². The molecule has 6 heteroatoms. The molecule has 0 aromatic carbocycles. The Kier molecular flexibility index (Phi) is 4.68. The molecule has 1 rings (SSSR count). The monoisotopic (exact) mass is 239 g/mol. The van der Waals surface area contributed by atoms with Gasteiger partial charge in [0.2, 0.25) is 5.91 Å². The third kappa shape index (κ3) is 4.26. The van der Waals surface area contributed by atoms with Crippen molar-refractivity contribution in [1.82, 2.24) is 15.1 Å². The summed E-state index contributed by atoms with van der Waals surface area (Å²) in [5, 5.41) is 15.5. The lowest BCUT2D eigenvalue weighted by Crippen LogP contribution is -2.41. The number of carbonyl (C=O) groups excluding carboxylic acids is 1. The molecule has 1 aromatic rings. The molecular weight excluding hydrogens is 222 g/mol. The Morgan fingerprint density at radius 1 is 1.59 bits per heavy atom. The minimum absolute atomic E-state index is 0.249. The van der Waals surface area contributed by atoms with Gasteiger partial charge in [-0.05, 0) is 12.0 Å².